The van der Waals surface area contributed by atoms with Crippen molar-refractivity contribution in [1.82, 2.24) is 25.5 Å². The van der Waals surface area contributed by atoms with Crippen LogP contribution in [-0.4, -0.2) is 26.8 Å². The molecule has 2 aromatic rings. The number of tetrazole rings is 1. The highest BCUT2D eigenvalue weighted by molar-refractivity contribution is 5.30. The maximum absolute atomic E-state index is 4.00. The monoisotopic (exact) mass is 217 g/mol. The summed E-state index contributed by atoms with van der Waals surface area (Å²) in [5.41, 5.74) is 0.987. The molecule has 2 rings (SSSR count). The van der Waals surface area contributed by atoms with E-state index in [0.29, 0.717) is 6.54 Å². The normalized spacial score (nSPS) is 10.6. The minimum absolute atomic E-state index is 0.690. The molecule has 84 valence electrons. The Kier molecular flexibility index (Phi) is 3.61. The molecule has 0 aliphatic carbocycles. The Balaban J connectivity index is 2.13. The summed E-state index contributed by atoms with van der Waals surface area (Å²) in [6.45, 7) is 3.80. The van der Waals surface area contributed by atoms with Gasteiger partial charge in [-0.3, -0.25) is 0 Å². The fraction of sp³-hybridized carbons (Fsp3) is 0.364. The molecule has 1 aromatic carbocycles. The third-order valence-corrected chi connectivity index (χ3v) is 2.24. The second-order valence-electron chi connectivity index (χ2n) is 3.52. The van der Waals surface area contributed by atoms with E-state index in [2.05, 4.69) is 27.8 Å². The zero-order valence-electron chi connectivity index (χ0n) is 9.30. The highest BCUT2D eigenvalue weighted by Gasteiger charge is 2.06. The Morgan fingerprint density at radius 2 is 2.06 bits per heavy atom. The topological polar surface area (TPSA) is 55.6 Å². The largest absolute Gasteiger partial charge is 0.310 e. The van der Waals surface area contributed by atoms with E-state index < -0.39 is 0 Å². The first-order valence-corrected chi connectivity index (χ1v) is 5.45. The van der Waals surface area contributed by atoms with E-state index in [1.807, 2.05) is 30.3 Å². The van der Waals surface area contributed by atoms with Crippen molar-refractivity contribution in [2.24, 2.45) is 0 Å². The lowest BCUT2D eigenvalue weighted by molar-refractivity contribution is 0.633. The Bertz CT molecular complexity index is 423. The Morgan fingerprint density at radius 1 is 1.25 bits per heavy atom. The summed E-state index contributed by atoms with van der Waals surface area (Å²) < 4.78 is 1.75. The second-order valence-corrected chi connectivity index (χ2v) is 3.52. The predicted octanol–water partition coefficient (Wildman–Crippen LogP) is 1.16. The van der Waals surface area contributed by atoms with E-state index in [1.165, 1.54) is 0 Å². The molecule has 0 bridgehead atoms. The number of nitrogens with zero attached hydrogens (tertiary/aromatic N) is 4. The van der Waals surface area contributed by atoms with Crippen molar-refractivity contribution < 1.29 is 0 Å². The van der Waals surface area contributed by atoms with Gasteiger partial charge in [0, 0.05) is 0 Å². The standard InChI is InChI=1S/C11H15N5/c1-2-8-12-9-11-13-14-15-16(11)10-6-4-3-5-7-10/h3-7,12H,2,8-9H2,1H3. The van der Waals surface area contributed by atoms with Gasteiger partial charge >= 0.3 is 0 Å². The van der Waals surface area contributed by atoms with E-state index in [9.17, 15) is 0 Å². The van der Waals surface area contributed by atoms with Gasteiger partial charge in [0.05, 0.1) is 12.2 Å². The minimum atomic E-state index is 0.690. The molecule has 0 spiro atoms. The first-order valence-electron chi connectivity index (χ1n) is 5.45. The van der Waals surface area contributed by atoms with E-state index in [4.69, 9.17) is 0 Å². The van der Waals surface area contributed by atoms with E-state index in [-0.39, 0.29) is 0 Å². The van der Waals surface area contributed by atoms with Crippen LogP contribution in [0.5, 0.6) is 0 Å². The average molecular weight is 217 g/mol. The van der Waals surface area contributed by atoms with Gasteiger partial charge in [0.2, 0.25) is 0 Å². The van der Waals surface area contributed by atoms with Crippen LogP contribution >= 0.6 is 0 Å². The maximum Gasteiger partial charge on any atom is 0.170 e. The van der Waals surface area contributed by atoms with Crippen molar-refractivity contribution >= 4 is 0 Å². The molecular weight excluding hydrogens is 202 g/mol. The molecule has 0 amide bonds. The van der Waals surface area contributed by atoms with Crippen LogP contribution < -0.4 is 5.32 Å². The van der Waals surface area contributed by atoms with Gasteiger partial charge < -0.3 is 5.32 Å². The zero-order chi connectivity index (χ0) is 11.2. The Labute approximate surface area is 94.5 Å². The Morgan fingerprint density at radius 3 is 2.81 bits per heavy atom. The van der Waals surface area contributed by atoms with E-state index in [0.717, 1.165) is 24.5 Å². The third kappa shape index (κ3) is 2.43. The lowest BCUT2D eigenvalue weighted by Crippen LogP contribution is -2.17. The molecular formula is C11H15N5. The highest BCUT2D eigenvalue weighted by atomic mass is 15.5. The van der Waals surface area contributed by atoms with E-state index in [1.54, 1.807) is 4.68 Å². The molecule has 5 nitrogen and oxygen atoms in total. The van der Waals surface area contributed by atoms with Crippen LogP contribution in [0.15, 0.2) is 30.3 Å². The van der Waals surface area contributed by atoms with Crippen LogP contribution in [0.3, 0.4) is 0 Å². The number of nitrogens with one attached hydrogen (secondary N) is 1. The van der Waals surface area contributed by atoms with Gasteiger partial charge in [-0.1, -0.05) is 25.1 Å². The summed E-state index contributed by atoms with van der Waals surface area (Å²) in [5.74, 6) is 0.833. The predicted molar refractivity (Wildman–Crippen MR) is 61.2 cm³/mol. The molecule has 1 heterocycles. The lowest BCUT2D eigenvalue weighted by atomic mass is 10.3. The molecule has 1 N–H and O–H groups in total. The molecule has 0 radical (unpaired) electrons. The van der Waals surface area contributed by atoms with E-state index >= 15 is 0 Å². The molecule has 1 aromatic heterocycles. The summed E-state index contributed by atoms with van der Waals surface area (Å²) in [6.07, 6.45) is 1.10. The summed E-state index contributed by atoms with van der Waals surface area (Å²) >= 11 is 0. The molecule has 0 unspecified atom stereocenters. The quantitative estimate of drug-likeness (QED) is 0.764. The summed E-state index contributed by atoms with van der Waals surface area (Å²) in [4.78, 5) is 0. The summed E-state index contributed by atoms with van der Waals surface area (Å²) in [5, 5.41) is 15.0. The van der Waals surface area contributed by atoms with Crippen molar-refractivity contribution in [3.63, 3.8) is 0 Å². The molecule has 0 saturated heterocycles. The van der Waals surface area contributed by atoms with Gasteiger partial charge in [0.1, 0.15) is 0 Å². The van der Waals surface area contributed by atoms with Gasteiger partial charge in [-0.15, -0.1) is 5.10 Å². The average Bonchev–Trinajstić information content (AvgIpc) is 2.79. The first kappa shape index (κ1) is 10.8. The van der Waals surface area contributed by atoms with Gasteiger partial charge in [0.25, 0.3) is 0 Å². The molecule has 0 aliphatic rings. The number of para-hydroxylation sites is 1. The minimum Gasteiger partial charge on any atom is -0.310 e. The van der Waals surface area contributed by atoms with Crippen molar-refractivity contribution in [2.45, 2.75) is 19.9 Å². The molecule has 0 saturated carbocycles. The van der Waals surface area contributed by atoms with Crippen LogP contribution in [0.2, 0.25) is 0 Å². The van der Waals surface area contributed by atoms with Crippen LogP contribution in [0.1, 0.15) is 19.2 Å². The van der Waals surface area contributed by atoms with Crippen LogP contribution in [0, 0.1) is 0 Å². The second kappa shape index (κ2) is 5.37. The number of benzene rings is 1. The fourth-order valence-corrected chi connectivity index (χ4v) is 1.46. The smallest absolute Gasteiger partial charge is 0.170 e. The molecule has 5 heteroatoms. The maximum atomic E-state index is 4.00. The number of hydrogen-bond acceptors (Lipinski definition) is 4. The van der Waals surface area contributed by atoms with Gasteiger partial charge in [-0.05, 0) is 35.5 Å². The number of hydrogen-bond donors (Lipinski definition) is 1. The summed E-state index contributed by atoms with van der Waals surface area (Å²) in [6, 6.07) is 9.89. The molecule has 0 aliphatic heterocycles. The van der Waals surface area contributed by atoms with Crippen molar-refractivity contribution in [3.05, 3.63) is 36.2 Å². The van der Waals surface area contributed by atoms with Crippen LogP contribution in [0.25, 0.3) is 5.69 Å². The number of aromatic nitrogens is 4. The number of rotatable bonds is 5. The Hall–Kier alpha value is -1.75. The van der Waals surface area contributed by atoms with Crippen molar-refractivity contribution in [2.75, 3.05) is 6.54 Å². The summed E-state index contributed by atoms with van der Waals surface area (Å²) in [7, 11) is 0. The van der Waals surface area contributed by atoms with Crippen LogP contribution in [0.4, 0.5) is 0 Å². The zero-order valence-corrected chi connectivity index (χ0v) is 9.30. The fourth-order valence-electron chi connectivity index (χ4n) is 1.46. The van der Waals surface area contributed by atoms with Crippen LogP contribution in [-0.2, 0) is 6.54 Å². The SMILES string of the molecule is CCCNCc1nnnn1-c1ccccc1. The van der Waals surface area contributed by atoms with Crippen molar-refractivity contribution in [1.29, 1.82) is 0 Å². The molecule has 0 fully saturated rings. The highest BCUT2D eigenvalue weighted by Crippen LogP contribution is 2.06. The van der Waals surface area contributed by atoms with Gasteiger partial charge in [-0.2, -0.15) is 4.68 Å². The first-order chi connectivity index (χ1) is 7.92. The van der Waals surface area contributed by atoms with Gasteiger partial charge in [0.15, 0.2) is 5.82 Å². The molecule has 16 heavy (non-hydrogen) atoms. The third-order valence-electron chi connectivity index (χ3n) is 2.24. The lowest BCUT2D eigenvalue weighted by Gasteiger charge is -2.04. The molecule has 0 atom stereocenters. The van der Waals surface area contributed by atoms with Gasteiger partial charge in [-0.25, -0.2) is 0 Å². The van der Waals surface area contributed by atoms with Crippen molar-refractivity contribution in [3.8, 4) is 5.69 Å².